The lowest BCUT2D eigenvalue weighted by atomic mass is 9.83. The van der Waals surface area contributed by atoms with Crippen molar-refractivity contribution in [3.63, 3.8) is 0 Å². The van der Waals surface area contributed by atoms with Crippen molar-refractivity contribution in [2.45, 2.75) is 91.8 Å². The number of benzene rings is 2. The van der Waals surface area contributed by atoms with Gasteiger partial charge in [0, 0.05) is 54.2 Å². The van der Waals surface area contributed by atoms with E-state index in [1.165, 1.54) is 0 Å². The molecule has 2 aromatic heterocycles. The molecule has 0 atom stereocenters. The molecule has 9 nitrogen and oxygen atoms in total. The van der Waals surface area contributed by atoms with Gasteiger partial charge in [0.25, 0.3) is 5.91 Å². The highest BCUT2D eigenvalue weighted by molar-refractivity contribution is 6.09. The topological polar surface area (TPSA) is 104 Å². The minimum absolute atomic E-state index is 0.136. The quantitative estimate of drug-likeness (QED) is 0.198. The molecule has 3 N–H and O–H groups in total. The van der Waals surface area contributed by atoms with Crippen LogP contribution in [0, 0.1) is 12.3 Å². The molecule has 1 saturated carbocycles. The van der Waals surface area contributed by atoms with Gasteiger partial charge in [0.2, 0.25) is 5.91 Å². The third-order valence-electron chi connectivity index (χ3n) is 9.46. The van der Waals surface area contributed by atoms with Crippen LogP contribution in [0.1, 0.15) is 88.8 Å². The van der Waals surface area contributed by atoms with Gasteiger partial charge in [-0.05, 0) is 88.3 Å². The smallest absolute Gasteiger partial charge is 0.251 e. The number of pyridine rings is 1. The number of aryl methyl sites for hydroxylation is 1. The molecule has 0 spiro atoms. The summed E-state index contributed by atoms with van der Waals surface area (Å²) in [6, 6.07) is 14.8. The summed E-state index contributed by atoms with van der Waals surface area (Å²) in [4.78, 5) is 38.4. The molecule has 0 saturated heterocycles. The molecule has 0 unspecified atom stereocenters. The monoisotopic (exact) mass is 621 g/mol. The number of amides is 2. The van der Waals surface area contributed by atoms with Gasteiger partial charge in [-0.2, -0.15) is 0 Å². The molecular weight excluding hydrogens is 574 g/mol. The summed E-state index contributed by atoms with van der Waals surface area (Å²) in [6.07, 6.45) is 3.74. The van der Waals surface area contributed by atoms with Crippen LogP contribution in [0.3, 0.4) is 0 Å². The number of carbonyl (C=O) groups is 2. The fourth-order valence-corrected chi connectivity index (χ4v) is 6.63. The molecule has 2 aliphatic rings. The lowest BCUT2D eigenvalue weighted by Crippen LogP contribution is -2.56. The molecule has 0 bridgehead atoms. The Kier molecular flexibility index (Phi) is 7.95. The van der Waals surface area contributed by atoms with E-state index in [2.05, 4.69) is 73.3 Å². The molecule has 3 heterocycles. The number of carbonyl (C=O) groups excluding carboxylic acids is 2. The molecule has 4 aromatic rings. The van der Waals surface area contributed by atoms with Crippen molar-refractivity contribution in [2.24, 2.45) is 5.41 Å². The number of fused-ring (bicyclic) bond motifs is 2. The van der Waals surface area contributed by atoms with Crippen molar-refractivity contribution in [2.75, 3.05) is 23.8 Å². The summed E-state index contributed by atoms with van der Waals surface area (Å²) in [5.41, 5.74) is 7.32. The molecule has 46 heavy (non-hydrogen) atoms. The normalized spacial score (nSPS) is 19.0. The van der Waals surface area contributed by atoms with Crippen LogP contribution in [0.4, 0.5) is 17.2 Å². The number of imidazole rings is 1. The molecule has 2 amide bonds. The van der Waals surface area contributed by atoms with Crippen molar-refractivity contribution in [3.05, 3.63) is 65.5 Å². The Balaban J connectivity index is 1.38. The SMILES string of the molecule is CNC(=O)c1cc(Nc2nc(-c3ccc4c(c3)N([C@H]3C[C@@H](NCC(C)(C)C)C3)C(=O)C4(C)C)cc3ncn(C(C)C)c23)ccc1C. The molecule has 6 rings (SSSR count). The maximum atomic E-state index is 13.8. The van der Waals surface area contributed by atoms with Gasteiger partial charge < -0.3 is 25.4 Å². The maximum absolute atomic E-state index is 13.8. The van der Waals surface area contributed by atoms with E-state index in [4.69, 9.17) is 9.97 Å². The minimum Gasteiger partial charge on any atom is -0.355 e. The molecule has 1 fully saturated rings. The highest BCUT2D eigenvalue weighted by Crippen LogP contribution is 2.47. The van der Waals surface area contributed by atoms with Gasteiger partial charge in [-0.1, -0.05) is 39.0 Å². The van der Waals surface area contributed by atoms with Crippen LogP contribution in [0.2, 0.25) is 0 Å². The first-order valence-electron chi connectivity index (χ1n) is 16.4. The summed E-state index contributed by atoms with van der Waals surface area (Å²) < 4.78 is 2.11. The first-order valence-corrected chi connectivity index (χ1v) is 16.4. The van der Waals surface area contributed by atoms with Gasteiger partial charge in [-0.25, -0.2) is 9.97 Å². The number of aromatic nitrogens is 3. The van der Waals surface area contributed by atoms with E-state index in [1.807, 2.05) is 56.3 Å². The fraction of sp³-hybridized carbons (Fsp3) is 0.459. The third-order valence-corrected chi connectivity index (χ3v) is 9.46. The first-order chi connectivity index (χ1) is 21.7. The van der Waals surface area contributed by atoms with Gasteiger partial charge in [-0.15, -0.1) is 0 Å². The summed E-state index contributed by atoms with van der Waals surface area (Å²) in [6.45, 7) is 17.9. The molecule has 0 radical (unpaired) electrons. The highest BCUT2D eigenvalue weighted by Gasteiger charge is 2.49. The van der Waals surface area contributed by atoms with Crippen LogP contribution in [-0.4, -0.2) is 52.0 Å². The second kappa shape index (κ2) is 11.5. The van der Waals surface area contributed by atoms with Crippen molar-refractivity contribution < 1.29 is 9.59 Å². The number of hydrogen-bond acceptors (Lipinski definition) is 6. The number of nitrogens with one attached hydrogen (secondary N) is 3. The Morgan fingerprint density at radius 2 is 1.83 bits per heavy atom. The van der Waals surface area contributed by atoms with Crippen LogP contribution in [0.15, 0.2) is 48.8 Å². The van der Waals surface area contributed by atoms with Gasteiger partial charge in [0.1, 0.15) is 5.52 Å². The van der Waals surface area contributed by atoms with Crippen molar-refractivity contribution >= 4 is 40.0 Å². The van der Waals surface area contributed by atoms with Gasteiger partial charge in [-0.3, -0.25) is 9.59 Å². The standard InChI is InChI=1S/C37H47N7O2/c1-21(2)43-20-40-30-18-29(42-33(32(30)43)41-24-12-10-22(3)27(17-24)34(45)38-9)23-11-13-28-31(14-23)44(35(46)37(28,7)8)26-15-25(16-26)39-19-36(4,5)6/h10-14,17-18,20-21,25-26,39H,15-16,19H2,1-9H3,(H,38,45)(H,41,42)/t25-,26+. The Morgan fingerprint density at radius 3 is 2.50 bits per heavy atom. The lowest BCUT2D eigenvalue weighted by molar-refractivity contribution is -0.123. The van der Waals surface area contributed by atoms with Crippen LogP contribution in [-0.2, 0) is 10.2 Å². The average Bonchev–Trinajstić information content (AvgIpc) is 3.49. The maximum Gasteiger partial charge on any atom is 0.251 e. The van der Waals surface area contributed by atoms with Crippen molar-refractivity contribution in [1.82, 2.24) is 25.2 Å². The molecule has 1 aliphatic carbocycles. The summed E-state index contributed by atoms with van der Waals surface area (Å²) >= 11 is 0. The minimum atomic E-state index is -0.591. The number of anilines is 3. The predicted octanol–water partition coefficient (Wildman–Crippen LogP) is 6.88. The molecular formula is C37H47N7O2. The predicted molar refractivity (Wildman–Crippen MR) is 186 cm³/mol. The summed E-state index contributed by atoms with van der Waals surface area (Å²) in [5, 5.41) is 9.93. The summed E-state index contributed by atoms with van der Waals surface area (Å²) in [7, 11) is 1.64. The van der Waals surface area contributed by atoms with E-state index < -0.39 is 5.41 Å². The molecule has 1 aliphatic heterocycles. The second-order valence-electron chi connectivity index (χ2n) is 15.0. The average molecular weight is 622 g/mol. The van der Waals surface area contributed by atoms with E-state index in [9.17, 15) is 9.59 Å². The van der Waals surface area contributed by atoms with Crippen molar-refractivity contribution in [1.29, 1.82) is 0 Å². The first kappa shape index (κ1) is 31.7. The zero-order chi connectivity index (χ0) is 33.1. The van der Waals surface area contributed by atoms with Gasteiger partial charge in [0.15, 0.2) is 5.82 Å². The highest BCUT2D eigenvalue weighted by atomic mass is 16.2. The van der Waals surface area contributed by atoms with Gasteiger partial charge in [0.05, 0.1) is 23.0 Å². The Morgan fingerprint density at radius 1 is 1.09 bits per heavy atom. The third kappa shape index (κ3) is 5.66. The Bertz CT molecular complexity index is 1830. The second-order valence-corrected chi connectivity index (χ2v) is 15.0. The van der Waals surface area contributed by atoms with Crippen LogP contribution in [0.5, 0.6) is 0 Å². The fourth-order valence-electron chi connectivity index (χ4n) is 6.63. The van der Waals surface area contributed by atoms with Crippen LogP contribution in [0.25, 0.3) is 22.3 Å². The zero-order valence-corrected chi connectivity index (χ0v) is 28.6. The van der Waals surface area contributed by atoms with E-state index in [0.717, 1.165) is 64.2 Å². The van der Waals surface area contributed by atoms with Gasteiger partial charge >= 0.3 is 0 Å². The molecule has 242 valence electrons. The number of rotatable bonds is 8. The van der Waals surface area contributed by atoms with E-state index in [1.54, 1.807) is 7.05 Å². The van der Waals surface area contributed by atoms with E-state index in [-0.39, 0.29) is 29.3 Å². The van der Waals surface area contributed by atoms with Crippen LogP contribution >= 0.6 is 0 Å². The molecule has 2 aromatic carbocycles. The lowest BCUT2D eigenvalue weighted by Gasteiger charge is -2.43. The number of hydrogen-bond donors (Lipinski definition) is 3. The summed E-state index contributed by atoms with van der Waals surface area (Å²) in [5.74, 6) is 0.681. The Hall–Kier alpha value is -4.24. The van der Waals surface area contributed by atoms with E-state index >= 15 is 0 Å². The van der Waals surface area contributed by atoms with Crippen molar-refractivity contribution in [3.8, 4) is 11.3 Å². The van der Waals surface area contributed by atoms with E-state index in [0.29, 0.717) is 17.4 Å². The Labute approximate surface area is 272 Å². The number of nitrogens with zero attached hydrogens (tertiary/aromatic N) is 4. The molecule has 9 heteroatoms. The zero-order valence-electron chi connectivity index (χ0n) is 28.6. The van der Waals surface area contributed by atoms with Crippen LogP contribution < -0.4 is 20.9 Å². The largest absolute Gasteiger partial charge is 0.355 e.